The smallest absolute Gasteiger partial charge is 0.341 e. The molecule has 2 N–H and O–H groups in total. The number of rotatable bonds is 3. The third-order valence-electron chi connectivity index (χ3n) is 5.56. The highest BCUT2D eigenvalue weighted by molar-refractivity contribution is 5.96. The minimum Gasteiger partial charge on any atom is -0.341 e. The predicted octanol–water partition coefficient (Wildman–Crippen LogP) is 2.71. The van der Waals surface area contributed by atoms with Crippen molar-refractivity contribution in [3.8, 4) is 0 Å². The fraction of sp³-hybridized carbons (Fsp3) is 0.500. The van der Waals surface area contributed by atoms with Crippen molar-refractivity contribution in [2.45, 2.75) is 31.9 Å². The van der Waals surface area contributed by atoms with Crippen LogP contribution in [0.25, 0.3) is 11.0 Å². The number of aromatic nitrogens is 2. The van der Waals surface area contributed by atoms with Gasteiger partial charge in [0.05, 0.1) is 23.1 Å². The van der Waals surface area contributed by atoms with Crippen LogP contribution in [0.5, 0.6) is 0 Å². The van der Waals surface area contributed by atoms with Crippen LogP contribution in [0.1, 0.15) is 41.9 Å². The quantitative estimate of drug-likeness (QED) is 0.860. The number of likely N-dealkylation sites (tertiary alicyclic amines) is 1. The van der Waals surface area contributed by atoms with Crippen LogP contribution in [0.2, 0.25) is 0 Å². The molecule has 0 atom stereocenters. The van der Waals surface area contributed by atoms with E-state index in [0.29, 0.717) is 18.5 Å². The largest absolute Gasteiger partial charge is 0.416 e. The summed E-state index contributed by atoms with van der Waals surface area (Å²) >= 11 is 0. The number of hydrogen-bond donors (Lipinski definition) is 2. The first-order chi connectivity index (χ1) is 12.8. The molecule has 2 aliphatic rings. The number of aromatic amines is 1. The Morgan fingerprint density at radius 2 is 1.89 bits per heavy atom. The van der Waals surface area contributed by atoms with Crippen LogP contribution in [-0.2, 0) is 11.0 Å². The molecule has 1 saturated heterocycles. The van der Waals surface area contributed by atoms with E-state index in [2.05, 4.69) is 15.3 Å². The van der Waals surface area contributed by atoms with E-state index in [9.17, 15) is 22.8 Å². The molecule has 0 bridgehead atoms. The van der Waals surface area contributed by atoms with Crippen LogP contribution in [0.15, 0.2) is 18.2 Å². The summed E-state index contributed by atoms with van der Waals surface area (Å²) in [5.41, 5.74) is 0.0143. The highest BCUT2D eigenvalue weighted by Crippen LogP contribution is 2.53. The third-order valence-corrected chi connectivity index (χ3v) is 5.56. The number of carbonyl (C=O) groups excluding carboxylic acids is 2. The van der Waals surface area contributed by atoms with Gasteiger partial charge in [0.25, 0.3) is 5.91 Å². The number of H-pyrrole nitrogens is 1. The van der Waals surface area contributed by atoms with Crippen molar-refractivity contribution in [3.05, 3.63) is 29.6 Å². The Kier molecular flexibility index (Phi) is 4.12. The van der Waals surface area contributed by atoms with Gasteiger partial charge in [-0.15, -0.1) is 0 Å². The van der Waals surface area contributed by atoms with Crippen molar-refractivity contribution in [1.29, 1.82) is 0 Å². The van der Waals surface area contributed by atoms with Crippen molar-refractivity contribution < 1.29 is 22.8 Å². The van der Waals surface area contributed by atoms with Crippen molar-refractivity contribution >= 4 is 22.8 Å². The molecule has 144 valence electrons. The van der Waals surface area contributed by atoms with Crippen LogP contribution in [0.3, 0.4) is 0 Å². The Balaban J connectivity index is 1.37. The highest BCUT2D eigenvalue weighted by atomic mass is 19.4. The van der Waals surface area contributed by atoms with Gasteiger partial charge in [0, 0.05) is 13.1 Å². The third kappa shape index (κ3) is 3.63. The number of imidazole rings is 1. The number of nitrogens with one attached hydrogen (secondary N) is 2. The summed E-state index contributed by atoms with van der Waals surface area (Å²) in [6.45, 7) is 1.26. The zero-order valence-electron chi connectivity index (χ0n) is 14.5. The van der Waals surface area contributed by atoms with Gasteiger partial charge in [-0.3, -0.25) is 9.59 Å². The molecule has 1 aliphatic heterocycles. The van der Waals surface area contributed by atoms with Gasteiger partial charge in [0.1, 0.15) is 0 Å². The number of fused-ring (bicyclic) bond motifs is 1. The van der Waals surface area contributed by atoms with Gasteiger partial charge in [-0.25, -0.2) is 4.98 Å². The number of alkyl halides is 3. The Labute approximate surface area is 153 Å². The van der Waals surface area contributed by atoms with Gasteiger partial charge in [0.15, 0.2) is 5.82 Å². The van der Waals surface area contributed by atoms with Gasteiger partial charge < -0.3 is 15.2 Å². The number of benzene rings is 1. The summed E-state index contributed by atoms with van der Waals surface area (Å²) in [5.74, 6) is -0.897. The Morgan fingerprint density at radius 3 is 2.52 bits per heavy atom. The second kappa shape index (κ2) is 6.24. The lowest BCUT2D eigenvalue weighted by atomic mass is 9.94. The van der Waals surface area contributed by atoms with E-state index in [1.165, 1.54) is 18.9 Å². The molecule has 1 spiro atoms. The normalized spacial score (nSPS) is 18.7. The second-order valence-corrected chi connectivity index (χ2v) is 7.38. The molecule has 4 rings (SSSR count). The Bertz CT molecular complexity index is 892. The number of amides is 2. The van der Waals surface area contributed by atoms with E-state index >= 15 is 0 Å². The first-order valence-corrected chi connectivity index (χ1v) is 8.89. The minimum absolute atomic E-state index is 0.118. The Morgan fingerprint density at radius 1 is 1.19 bits per heavy atom. The van der Waals surface area contributed by atoms with Crippen LogP contribution in [0, 0.1) is 5.41 Å². The summed E-state index contributed by atoms with van der Waals surface area (Å²) in [5, 5.41) is 2.49. The standard InChI is InChI=1S/C18H19F3N4O2/c19-18(20,21)11-1-2-12-13(9-11)24-15(23-12)16(27)22-10-14(26)25-7-5-17(3-4-17)6-8-25/h1-2,9H,3-8,10H2,(H,22,27)(H,23,24). The molecule has 0 radical (unpaired) electrons. The second-order valence-electron chi connectivity index (χ2n) is 7.38. The first-order valence-electron chi connectivity index (χ1n) is 8.89. The minimum atomic E-state index is -4.47. The monoisotopic (exact) mass is 380 g/mol. The van der Waals surface area contributed by atoms with Crippen molar-refractivity contribution in [2.75, 3.05) is 19.6 Å². The topological polar surface area (TPSA) is 78.1 Å². The maximum Gasteiger partial charge on any atom is 0.416 e. The zero-order valence-corrected chi connectivity index (χ0v) is 14.5. The number of carbonyl (C=O) groups is 2. The van der Waals surface area contributed by atoms with Crippen LogP contribution >= 0.6 is 0 Å². The van der Waals surface area contributed by atoms with E-state index < -0.39 is 17.6 Å². The van der Waals surface area contributed by atoms with Gasteiger partial charge in [0.2, 0.25) is 5.91 Å². The number of piperidine rings is 1. The Hall–Kier alpha value is -2.58. The average Bonchev–Trinajstić information content (AvgIpc) is 3.24. The lowest BCUT2D eigenvalue weighted by molar-refractivity contribution is -0.137. The van der Waals surface area contributed by atoms with E-state index in [1.54, 1.807) is 4.90 Å². The lowest BCUT2D eigenvalue weighted by Gasteiger charge is -2.32. The highest BCUT2D eigenvalue weighted by Gasteiger charge is 2.45. The molecule has 2 fully saturated rings. The molecular weight excluding hydrogens is 361 g/mol. The summed E-state index contributed by atoms with van der Waals surface area (Å²) in [6, 6.07) is 3.03. The molecular formula is C18H19F3N4O2. The first kappa shape index (κ1) is 17.8. The summed E-state index contributed by atoms with van der Waals surface area (Å²) in [6.07, 6.45) is 0.0406. The maximum atomic E-state index is 12.8. The molecule has 1 aromatic carbocycles. The molecule has 6 nitrogen and oxygen atoms in total. The van der Waals surface area contributed by atoms with Crippen molar-refractivity contribution in [1.82, 2.24) is 20.2 Å². The zero-order chi connectivity index (χ0) is 19.2. The maximum absolute atomic E-state index is 12.8. The molecule has 2 aromatic rings. The van der Waals surface area contributed by atoms with Crippen molar-refractivity contribution in [3.63, 3.8) is 0 Å². The number of hydrogen-bond acceptors (Lipinski definition) is 3. The molecule has 9 heteroatoms. The summed E-state index contributed by atoms with van der Waals surface area (Å²) in [4.78, 5) is 32.8. The fourth-order valence-electron chi connectivity index (χ4n) is 3.55. The van der Waals surface area contributed by atoms with Gasteiger partial charge >= 0.3 is 6.18 Å². The summed E-state index contributed by atoms with van der Waals surface area (Å²) < 4.78 is 38.3. The van der Waals surface area contributed by atoms with E-state index in [4.69, 9.17) is 0 Å². The van der Waals surface area contributed by atoms with Crippen LogP contribution < -0.4 is 5.32 Å². The summed E-state index contributed by atoms with van der Waals surface area (Å²) in [7, 11) is 0. The van der Waals surface area contributed by atoms with E-state index in [1.807, 2.05) is 0 Å². The molecule has 1 aliphatic carbocycles. The van der Waals surface area contributed by atoms with Gasteiger partial charge in [-0.05, 0) is 49.3 Å². The molecule has 1 aromatic heterocycles. The van der Waals surface area contributed by atoms with E-state index in [0.717, 1.165) is 25.0 Å². The molecule has 27 heavy (non-hydrogen) atoms. The lowest BCUT2D eigenvalue weighted by Crippen LogP contribution is -2.44. The SMILES string of the molecule is O=C(NCC(=O)N1CCC2(CC1)CC2)c1nc2ccc(C(F)(F)F)cc2[nH]1. The van der Waals surface area contributed by atoms with Crippen LogP contribution in [-0.4, -0.2) is 46.3 Å². The fourth-order valence-corrected chi connectivity index (χ4v) is 3.55. The molecule has 2 heterocycles. The van der Waals surface area contributed by atoms with Gasteiger partial charge in [-0.2, -0.15) is 13.2 Å². The predicted molar refractivity (Wildman–Crippen MR) is 90.9 cm³/mol. The number of halogens is 3. The van der Waals surface area contributed by atoms with E-state index in [-0.39, 0.29) is 29.3 Å². The number of nitrogens with zero attached hydrogens (tertiary/aromatic N) is 2. The molecule has 0 unspecified atom stereocenters. The van der Waals surface area contributed by atoms with Gasteiger partial charge in [-0.1, -0.05) is 0 Å². The van der Waals surface area contributed by atoms with Crippen LogP contribution in [0.4, 0.5) is 13.2 Å². The van der Waals surface area contributed by atoms with Crippen molar-refractivity contribution in [2.24, 2.45) is 5.41 Å². The average molecular weight is 380 g/mol. The molecule has 2 amide bonds. The molecule has 1 saturated carbocycles.